The molecule has 1 spiro atoms. The van der Waals surface area contributed by atoms with E-state index in [1.54, 1.807) is 0 Å². The Balaban J connectivity index is 1.95. The molecule has 1 saturated carbocycles. The average Bonchev–Trinajstić information content (AvgIpc) is 2.93. The highest BCUT2D eigenvalue weighted by Crippen LogP contribution is 2.43. The Morgan fingerprint density at radius 2 is 1.77 bits per heavy atom. The highest BCUT2D eigenvalue weighted by Gasteiger charge is 2.43. The fourth-order valence-corrected chi connectivity index (χ4v) is 4.07. The summed E-state index contributed by atoms with van der Waals surface area (Å²) >= 11 is 0. The molecule has 0 saturated heterocycles. The number of anilines is 2. The fraction of sp³-hybridized carbons (Fsp3) is 0.471. The Hall–Kier alpha value is -2.97. The van der Waals surface area contributed by atoms with Crippen LogP contribution in [0.5, 0.6) is 0 Å². The van der Waals surface area contributed by atoms with Crippen LogP contribution in [0.25, 0.3) is 11.0 Å². The Bertz CT molecular complexity index is 961. The third kappa shape index (κ3) is 2.51. The third-order valence-electron chi connectivity index (χ3n) is 5.19. The number of hydrogen-bond acceptors (Lipinski definition) is 7. The van der Waals surface area contributed by atoms with E-state index in [2.05, 4.69) is 15.0 Å². The number of nitrogens with zero attached hydrogens (tertiary/aromatic N) is 4. The van der Waals surface area contributed by atoms with Gasteiger partial charge in [-0.2, -0.15) is 4.99 Å². The molecule has 2 heterocycles. The van der Waals surface area contributed by atoms with Crippen LogP contribution >= 0.6 is 0 Å². The lowest BCUT2D eigenvalue weighted by Crippen LogP contribution is -2.58. The van der Waals surface area contributed by atoms with Crippen molar-refractivity contribution in [3.8, 4) is 0 Å². The lowest BCUT2D eigenvalue weighted by atomic mass is 9.87. The van der Waals surface area contributed by atoms with E-state index in [1.807, 2.05) is 36.0 Å². The van der Waals surface area contributed by atoms with Crippen molar-refractivity contribution < 1.29 is 0 Å². The zero-order valence-corrected chi connectivity index (χ0v) is 15.0. The van der Waals surface area contributed by atoms with Gasteiger partial charge >= 0.3 is 5.69 Å². The molecule has 138 valence electrons. The van der Waals surface area contributed by atoms with Gasteiger partial charge in [-0.25, -0.2) is 9.79 Å². The van der Waals surface area contributed by atoms with Gasteiger partial charge in [-0.1, -0.05) is 6.42 Å². The van der Waals surface area contributed by atoms with Gasteiger partial charge < -0.3 is 26.3 Å². The molecule has 2 aliphatic rings. The van der Waals surface area contributed by atoms with Gasteiger partial charge in [0.15, 0.2) is 0 Å². The normalized spacial score (nSPS) is 19.5. The number of benzene rings is 1. The Labute approximate surface area is 150 Å². The molecular weight excluding hydrogens is 332 g/mol. The summed E-state index contributed by atoms with van der Waals surface area (Å²) < 4.78 is 0. The molecule has 9 heteroatoms. The molecule has 0 atom stereocenters. The van der Waals surface area contributed by atoms with Crippen molar-refractivity contribution in [2.45, 2.75) is 37.8 Å². The number of guanidine groups is 2. The zero-order valence-electron chi connectivity index (χ0n) is 15.0. The van der Waals surface area contributed by atoms with Gasteiger partial charge in [0, 0.05) is 14.1 Å². The summed E-state index contributed by atoms with van der Waals surface area (Å²) in [4.78, 5) is 30.3. The minimum atomic E-state index is -0.525. The predicted molar refractivity (Wildman–Crippen MR) is 105 cm³/mol. The van der Waals surface area contributed by atoms with E-state index >= 15 is 0 Å². The van der Waals surface area contributed by atoms with Gasteiger partial charge in [0.05, 0.1) is 22.4 Å². The fourth-order valence-electron chi connectivity index (χ4n) is 4.07. The molecule has 1 aromatic heterocycles. The monoisotopic (exact) mass is 356 g/mol. The van der Waals surface area contributed by atoms with Crippen LogP contribution < -0.4 is 27.0 Å². The summed E-state index contributed by atoms with van der Waals surface area (Å²) in [6.45, 7) is 0. The van der Waals surface area contributed by atoms with Crippen molar-refractivity contribution in [3.63, 3.8) is 0 Å². The molecule has 9 nitrogen and oxygen atoms in total. The second kappa shape index (κ2) is 5.79. The van der Waals surface area contributed by atoms with Gasteiger partial charge in [-0.15, -0.1) is 0 Å². The van der Waals surface area contributed by atoms with Crippen LogP contribution in [0.15, 0.2) is 26.9 Å². The third-order valence-corrected chi connectivity index (χ3v) is 5.19. The first kappa shape index (κ1) is 16.5. The van der Waals surface area contributed by atoms with Gasteiger partial charge in [0.1, 0.15) is 5.66 Å². The number of nitrogens with one attached hydrogen (secondary N) is 2. The van der Waals surface area contributed by atoms with Gasteiger partial charge in [-0.3, -0.25) is 4.90 Å². The highest BCUT2D eigenvalue weighted by molar-refractivity contribution is 6.08. The maximum Gasteiger partial charge on any atom is 0.323 e. The minimum Gasteiger partial charge on any atom is -0.376 e. The van der Waals surface area contributed by atoms with E-state index in [-0.39, 0.29) is 11.6 Å². The van der Waals surface area contributed by atoms with Crippen LogP contribution in [0.1, 0.15) is 32.1 Å². The van der Waals surface area contributed by atoms with Crippen molar-refractivity contribution in [1.29, 1.82) is 0 Å². The number of fused-ring (bicyclic) bond motifs is 1. The molecule has 0 radical (unpaired) electrons. The maximum atomic E-state index is 11.7. The second-order valence-electron chi connectivity index (χ2n) is 7.18. The first-order chi connectivity index (χ1) is 12.4. The summed E-state index contributed by atoms with van der Waals surface area (Å²) in [6, 6.07) is 3.87. The number of aliphatic imine (C=N–C) groups is 2. The predicted octanol–water partition coefficient (Wildman–Crippen LogP) is 1.03. The van der Waals surface area contributed by atoms with Crippen molar-refractivity contribution in [2.24, 2.45) is 21.5 Å². The summed E-state index contributed by atoms with van der Waals surface area (Å²) in [5.74, 6) is 0.558. The Kier molecular flexibility index (Phi) is 3.67. The molecule has 4 rings (SSSR count). The van der Waals surface area contributed by atoms with E-state index in [4.69, 9.17) is 16.5 Å². The van der Waals surface area contributed by atoms with Crippen LogP contribution in [-0.2, 0) is 0 Å². The SMILES string of the molecule is CN(C)c1cc2[nH]c(=O)[nH]c2cc1N1C(N)=NC(N)=NC12CCCCC2. The average molecular weight is 356 g/mol. The second-order valence-corrected chi connectivity index (χ2v) is 7.18. The topological polar surface area (TPSA) is 132 Å². The number of rotatable bonds is 2. The molecule has 6 N–H and O–H groups in total. The molecule has 2 aromatic rings. The molecule has 1 fully saturated rings. The number of nitrogens with two attached hydrogens (primary N) is 2. The number of aromatic amines is 2. The molecule has 1 aliphatic carbocycles. The smallest absolute Gasteiger partial charge is 0.323 e. The summed E-state index contributed by atoms with van der Waals surface area (Å²) in [5, 5.41) is 0. The molecule has 0 unspecified atom stereocenters. The van der Waals surface area contributed by atoms with E-state index < -0.39 is 5.66 Å². The van der Waals surface area contributed by atoms with E-state index in [0.29, 0.717) is 5.96 Å². The van der Waals surface area contributed by atoms with E-state index in [0.717, 1.165) is 48.1 Å². The lowest BCUT2D eigenvalue weighted by Gasteiger charge is -2.46. The quantitative estimate of drug-likeness (QED) is 0.638. The van der Waals surface area contributed by atoms with Crippen molar-refractivity contribution in [1.82, 2.24) is 9.97 Å². The van der Waals surface area contributed by atoms with Crippen molar-refractivity contribution >= 4 is 34.3 Å². The summed E-state index contributed by atoms with van der Waals surface area (Å²) in [6.07, 6.45) is 5.01. The standard InChI is InChI=1S/C17H24N8O/c1-24(2)12-8-10-11(21-16(26)20-10)9-13(12)25-15(19)22-14(18)23-17(25)6-4-3-5-7-17/h8-9H,3-7H2,1-2H3,(H2,20,21,26)(H4,18,19,22,23). The van der Waals surface area contributed by atoms with Gasteiger partial charge in [-0.05, 0) is 37.8 Å². The summed E-state index contributed by atoms with van der Waals surface area (Å²) in [7, 11) is 3.91. The first-order valence-electron chi connectivity index (χ1n) is 8.83. The van der Waals surface area contributed by atoms with Crippen LogP contribution in [-0.4, -0.2) is 41.6 Å². The molecule has 0 amide bonds. The van der Waals surface area contributed by atoms with Crippen LogP contribution in [0.2, 0.25) is 0 Å². The minimum absolute atomic E-state index is 0.225. The number of imidazole rings is 1. The largest absolute Gasteiger partial charge is 0.376 e. The Morgan fingerprint density at radius 3 is 2.42 bits per heavy atom. The lowest BCUT2D eigenvalue weighted by molar-refractivity contribution is 0.305. The van der Waals surface area contributed by atoms with Crippen LogP contribution in [0, 0.1) is 0 Å². The zero-order chi connectivity index (χ0) is 18.5. The van der Waals surface area contributed by atoms with E-state index in [1.165, 1.54) is 6.42 Å². The van der Waals surface area contributed by atoms with Gasteiger partial charge in [0.25, 0.3) is 0 Å². The number of H-pyrrole nitrogens is 2. The number of hydrogen-bond donors (Lipinski definition) is 4. The van der Waals surface area contributed by atoms with Gasteiger partial charge in [0.2, 0.25) is 11.9 Å². The van der Waals surface area contributed by atoms with Crippen LogP contribution in [0.4, 0.5) is 11.4 Å². The molecule has 1 aliphatic heterocycles. The first-order valence-corrected chi connectivity index (χ1v) is 8.83. The van der Waals surface area contributed by atoms with Crippen LogP contribution in [0.3, 0.4) is 0 Å². The summed E-state index contributed by atoms with van der Waals surface area (Å²) in [5.41, 5.74) is 14.8. The molecular formula is C17H24N8O. The Morgan fingerprint density at radius 1 is 1.12 bits per heavy atom. The highest BCUT2D eigenvalue weighted by atomic mass is 16.1. The van der Waals surface area contributed by atoms with E-state index in [9.17, 15) is 4.79 Å². The number of aromatic nitrogens is 2. The van der Waals surface area contributed by atoms with Crippen molar-refractivity contribution in [2.75, 3.05) is 23.9 Å². The van der Waals surface area contributed by atoms with Crippen molar-refractivity contribution in [3.05, 3.63) is 22.6 Å². The molecule has 26 heavy (non-hydrogen) atoms. The molecule has 0 bridgehead atoms. The maximum absolute atomic E-state index is 11.7. The molecule has 1 aromatic carbocycles.